The summed E-state index contributed by atoms with van der Waals surface area (Å²) in [6.07, 6.45) is 0.729. The van der Waals surface area contributed by atoms with Crippen molar-refractivity contribution in [2.45, 2.75) is 31.8 Å². The molecule has 6 N–H and O–H groups in total. The highest BCUT2D eigenvalue weighted by Crippen LogP contribution is 2.38. The number of carbonyl (C=O) groups is 2. The fourth-order valence-corrected chi connectivity index (χ4v) is 4.82. The Morgan fingerprint density at radius 2 is 2.18 bits per heavy atom. The zero-order valence-corrected chi connectivity index (χ0v) is 19.4. The van der Waals surface area contributed by atoms with Gasteiger partial charge in [0.2, 0.25) is 5.91 Å². The van der Waals surface area contributed by atoms with Crippen LogP contribution in [0.1, 0.15) is 40.9 Å². The minimum Gasteiger partial charge on any atom is -0.396 e. The molecule has 2 atom stereocenters. The van der Waals surface area contributed by atoms with Gasteiger partial charge in [0.05, 0.1) is 17.3 Å². The quantitative estimate of drug-likeness (QED) is 0.318. The molecular weight excluding hydrogens is 457 g/mol. The summed E-state index contributed by atoms with van der Waals surface area (Å²) in [5.41, 5.74) is 7.57. The summed E-state index contributed by atoms with van der Waals surface area (Å²) < 4.78 is 14.8. The molecule has 0 saturated carbocycles. The molecule has 0 radical (unpaired) electrons. The van der Waals surface area contributed by atoms with E-state index in [0.29, 0.717) is 39.9 Å². The van der Waals surface area contributed by atoms with Gasteiger partial charge in [-0.1, -0.05) is 25.1 Å². The number of halogens is 1. The number of hydrogen-bond donors (Lipinski definition) is 5. The molecule has 1 aliphatic rings. The van der Waals surface area contributed by atoms with Crippen LogP contribution in [0.25, 0.3) is 10.4 Å². The van der Waals surface area contributed by atoms with Gasteiger partial charge in [-0.2, -0.15) is 0 Å². The predicted molar refractivity (Wildman–Crippen MR) is 130 cm³/mol. The van der Waals surface area contributed by atoms with E-state index in [1.54, 1.807) is 24.3 Å². The van der Waals surface area contributed by atoms with Crippen LogP contribution >= 0.6 is 11.3 Å². The van der Waals surface area contributed by atoms with Crippen molar-refractivity contribution < 1.29 is 19.1 Å². The van der Waals surface area contributed by atoms with Crippen molar-refractivity contribution in [3.8, 4) is 10.4 Å². The van der Waals surface area contributed by atoms with Gasteiger partial charge in [-0.3, -0.25) is 9.59 Å². The number of nitrogens with zero attached hydrogens (tertiary/aromatic N) is 1. The molecule has 3 aromatic rings. The molecule has 1 fully saturated rings. The van der Waals surface area contributed by atoms with E-state index in [-0.39, 0.29) is 30.0 Å². The molecule has 178 valence electrons. The maximum Gasteiger partial charge on any atom is 0.251 e. The number of nitrogens with two attached hydrogens (primary N) is 1. The topological polar surface area (TPSA) is 129 Å². The zero-order valence-electron chi connectivity index (χ0n) is 18.6. The van der Waals surface area contributed by atoms with Crippen molar-refractivity contribution in [1.82, 2.24) is 15.6 Å². The van der Waals surface area contributed by atoms with E-state index in [9.17, 15) is 19.1 Å². The maximum absolute atomic E-state index is 14.8. The van der Waals surface area contributed by atoms with Crippen molar-refractivity contribution in [2.75, 3.05) is 18.5 Å². The van der Waals surface area contributed by atoms with Crippen molar-refractivity contribution in [2.24, 2.45) is 5.73 Å². The summed E-state index contributed by atoms with van der Waals surface area (Å²) in [6.45, 7) is 2.81. The van der Waals surface area contributed by atoms with Gasteiger partial charge < -0.3 is 26.8 Å². The number of amides is 2. The second-order valence-electron chi connectivity index (χ2n) is 8.19. The van der Waals surface area contributed by atoms with Crippen LogP contribution in [0.3, 0.4) is 0 Å². The van der Waals surface area contributed by atoms with Gasteiger partial charge in [0.1, 0.15) is 16.6 Å². The molecule has 2 aromatic heterocycles. The predicted octanol–water partition coefficient (Wildman–Crippen LogP) is 2.87. The van der Waals surface area contributed by atoms with Gasteiger partial charge in [-0.15, -0.1) is 11.3 Å². The first-order valence-corrected chi connectivity index (χ1v) is 11.8. The van der Waals surface area contributed by atoms with E-state index in [1.807, 2.05) is 19.1 Å². The summed E-state index contributed by atoms with van der Waals surface area (Å²) in [5, 5.41) is 18.9. The average Bonchev–Trinajstić information content (AvgIpc) is 3.43. The summed E-state index contributed by atoms with van der Waals surface area (Å²) >= 11 is 1.20. The minimum atomic E-state index is -0.638. The van der Waals surface area contributed by atoms with Crippen molar-refractivity contribution in [3.05, 3.63) is 65.1 Å². The molecule has 3 heterocycles. The highest BCUT2D eigenvalue weighted by molar-refractivity contribution is 7.19. The summed E-state index contributed by atoms with van der Waals surface area (Å²) in [7, 11) is 0. The third kappa shape index (κ3) is 5.24. The van der Waals surface area contributed by atoms with Crippen LogP contribution in [-0.4, -0.2) is 41.1 Å². The number of aliphatic hydroxyl groups is 1. The Kier molecular flexibility index (Phi) is 7.20. The second-order valence-corrected chi connectivity index (χ2v) is 9.25. The SMILES string of the molecule is CC(CO)c1ccc(-c2cc(C(N)=O)c(Nc3cccc(CNC4CCNC4=O)n3)s2)c(F)c1. The van der Waals surface area contributed by atoms with Crippen molar-refractivity contribution in [3.63, 3.8) is 0 Å². The maximum atomic E-state index is 14.8. The standard InChI is InChI=1S/C24H26FN5O3S/c1-13(12-31)14-5-6-16(18(25)9-14)20-10-17(22(26)32)24(34-20)30-21-4-2-3-15(29-21)11-28-19-7-8-27-23(19)33/h2-6,9-10,13,19,28,31H,7-8,11-12H2,1H3,(H2,26,32)(H,27,33)(H,29,30). The van der Waals surface area contributed by atoms with Crippen LogP contribution in [0.2, 0.25) is 0 Å². The lowest BCUT2D eigenvalue weighted by Gasteiger charge is -2.11. The van der Waals surface area contributed by atoms with Crippen molar-refractivity contribution in [1.29, 1.82) is 0 Å². The Hall–Kier alpha value is -3.34. The monoisotopic (exact) mass is 483 g/mol. The number of aliphatic hydroxyl groups excluding tert-OH is 1. The first-order valence-electron chi connectivity index (χ1n) is 10.9. The molecule has 0 aliphatic carbocycles. The molecule has 1 saturated heterocycles. The first kappa shape index (κ1) is 23.8. The molecule has 4 rings (SSSR count). The third-order valence-corrected chi connectivity index (χ3v) is 6.81. The Morgan fingerprint density at radius 3 is 2.85 bits per heavy atom. The number of primary amides is 1. The van der Waals surface area contributed by atoms with E-state index in [4.69, 9.17) is 5.73 Å². The highest BCUT2D eigenvalue weighted by Gasteiger charge is 2.23. The van der Waals surface area contributed by atoms with E-state index in [1.165, 1.54) is 17.4 Å². The van der Waals surface area contributed by atoms with E-state index < -0.39 is 11.7 Å². The third-order valence-electron chi connectivity index (χ3n) is 5.73. The number of aromatic nitrogens is 1. The molecule has 10 heteroatoms. The van der Waals surface area contributed by atoms with Gasteiger partial charge in [0.15, 0.2) is 0 Å². The van der Waals surface area contributed by atoms with Crippen LogP contribution in [0.4, 0.5) is 15.2 Å². The summed E-state index contributed by atoms with van der Waals surface area (Å²) in [5.74, 6) is -0.776. The lowest BCUT2D eigenvalue weighted by molar-refractivity contribution is -0.120. The number of nitrogens with one attached hydrogen (secondary N) is 3. The Bertz CT molecular complexity index is 1220. The fraction of sp³-hybridized carbons (Fsp3) is 0.292. The van der Waals surface area contributed by atoms with Crippen LogP contribution in [0.5, 0.6) is 0 Å². The Labute approximate surface area is 200 Å². The van der Waals surface area contributed by atoms with Crippen molar-refractivity contribution >= 4 is 34.0 Å². The van der Waals surface area contributed by atoms with Gasteiger partial charge in [0.25, 0.3) is 5.91 Å². The molecule has 34 heavy (non-hydrogen) atoms. The number of benzene rings is 1. The largest absolute Gasteiger partial charge is 0.396 e. The van der Waals surface area contributed by atoms with Crippen LogP contribution < -0.4 is 21.7 Å². The van der Waals surface area contributed by atoms with E-state index >= 15 is 0 Å². The van der Waals surface area contributed by atoms with Crippen LogP contribution in [0, 0.1) is 5.82 Å². The number of hydrogen-bond acceptors (Lipinski definition) is 7. The second kappa shape index (κ2) is 10.3. The number of pyridine rings is 1. The molecule has 8 nitrogen and oxygen atoms in total. The average molecular weight is 484 g/mol. The van der Waals surface area contributed by atoms with Crippen LogP contribution in [-0.2, 0) is 11.3 Å². The number of carbonyl (C=O) groups excluding carboxylic acids is 2. The minimum absolute atomic E-state index is 0.0161. The van der Waals surface area contributed by atoms with Gasteiger partial charge in [0, 0.05) is 36.1 Å². The molecule has 0 spiro atoms. The van der Waals surface area contributed by atoms with Gasteiger partial charge in [-0.05, 0) is 36.2 Å². The molecule has 2 amide bonds. The Morgan fingerprint density at radius 1 is 1.35 bits per heavy atom. The molecule has 2 unspecified atom stereocenters. The Balaban J connectivity index is 1.55. The molecule has 1 aliphatic heterocycles. The van der Waals surface area contributed by atoms with Gasteiger partial charge in [-0.25, -0.2) is 9.37 Å². The lowest BCUT2D eigenvalue weighted by Crippen LogP contribution is -2.35. The number of rotatable bonds is 9. The normalized spacial score (nSPS) is 16.3. The van der Waals surface area contributed by atoms with E-state index in [0.717, 1.165) is 12.1 Å². The first-order chi connectivity index (χ1) is 16.4. The van der Waals surface area contributed by atoms with E-state index in [2.05, 4.69) is 20.9 Å². The number of anilines is 2. The fourth-order valence-electron chi connectivity index (χ4n) is 3.72. The van der Waals surface area contributed by atoms with Crippen LogP contribution in [0.15, 0.2) is 42.5 Å². The summed E-state index contributed by atoms with van der Waals surface area (Å²) in [4.78, 5) is 28.9. The molecular formula is C24H26FN5O3S. The summed E-state index contributed by atoms with van der Waals surface area (Å²) in [6, 6.07) is 11.5. The number of thiophene rings is 1. The molecule has 1 aromatic carbocycles. The lowest BCUT2D eigenvalue weighted by atomic mass is 9.99. The molecule has 0 bridgehead atoms. The highest BCUT2D eigenvalue weighted by atomic mass is 32.1. The van der Waals surface area contributed by atoms with Gasteiger partial charge >= 0.3 is 0 Å². The smallest absolute Gasteiger partial charge is 0.251 e. The zero-order chi connectivity index (χ0) is 24.2.